The lowest BCUT2D eigenvalue weighted by Gasteiger charge is -2.17. The van der Waals surface area contributed by atoms with Gasteiger partial charge in [-0.05, 0) is 73.0 Å². The van der Waals surface area contributed by atoms with E-state index in [0.29, 0.717) is 40.8 Å². The smallest absolute Gasteiger partial charge is 0.335 e. The topological polar surface area (TPSA) is 105 Å². The SMILES string of the molecule is C=CCc1cc(/C=C2/NC(=O)N(c3cccc(Cl)c3)C2=O)cc(OCC)c1OCc1ccc(C(=O)O)cc1. The monoisotopic (exact) mass is 532 g/mol. The molecule has 3 aromatic rings. The van der Waals surface area contributed by atoms with Crippen molar-refractivity contribution in [2.45, 2.75) is 20.0 Å². The first kappa shape index (κ1) is 26.5. The van der Waals surface area contributed by atoms with Crippen LogP contribution < -0.4 is 19.7 Å². The number of carboxylic acids is 1. The van der Waals surface area contributed by atoms with Gasteiger partial charge in [-0.2, -0.15) is 0 Å². The molecule has 0 unspecified atom stereocenters. The van der Waals surface area contributed by atoms with Crippen LogP contribution in [0.2, 0.25) is 5.02 Å². The lowest BCUT2D eigenvalue weighted by atomic mass is 10.0. The van der Waals surface area contributed by atoms with Crippen LogP contribution in [-0.4, -0.2) is 29.6 Å². The maximum Gasteiger partial charge on any atom is 0.335 e. The number of allylic oxidation sites excluding steroid dienone is 1. The van der Waals surface area contributed by atoms with E-state index in [1.54, 1.807) is 54.6 Å². The molecule has 38 heavy (non-hydrogen) atoms. The summed E-state index contributed by atoms with van der Waals surface area (Å²) in [7, 11) is 0. The molecular weight excluding hydrogens is 508 g/mol. The highest BCUT2D eigenvalue weighted by atomic mass is 35.5. The Bertz CT molecular complexity index is 1430. The number of ether oxygens (including phenoxy) is 2. The highest BCUT2D eigenvalue weighted by Crippen LogP contribution is 2.36. The van der Waals surface area contributed by atoms with Gasteiger partial charge in [-0.15, -0.1) is 6.58 Å². The summed E-state index contributed by atoms with van der Waals surface area (Å²) in [6.45, 7) is 6.23. The summed E-state index contributed by atoms with van der Waals surface area (Å²) in [6, 6.07) is 15.9. The van der Waals surface area contributed by atoms with Gasteiger partial charge in [0.25, 0.3) is 5.91 Å². The van der Waals surface area contributed by atoms with Gasteiger partial charge in [0, 0.05) is 10.6 Å². The first-order valence-corrected chi connectivity index (χ1v) is 12.2. The van der Waals surface area contributed by atoms with Crippen LogP contribution in [0.4, 0.5) is 10.5 Å². The van der Waals surface area contributed by atoms with Gasteiger partial charge in [0.05, 0.1) is 17.9 Å². The molecular formula is C29H25ClN2O6. The Balaban J connectivity index is 1.64. The summed E-state index contributed by atoms with van der Waals surface area (Å²) in [4.78, 5) is 37.8. The molecule has 0 aliphatic carbocycles. The third-order valence-electron chi connectivity index (χ3n) is 5.66. The lowest BCUT2D eigenvalue weighted by molar-refractivity contribution is -0.113. The number of anilines is 1. The number of aromatic carboxylic acids is 1. The molecule has 4 rings (SSSR count). The second kappa shape index (κ2) is 11.7. The van der Waals surface area contributed by atoms with Gasteiger partial charge in [0.1, 0.15) is 12.3 Å². The van der Waals surface area contributed by atoms with Gasteiger partial charge >= 0.3 is 12.0 Å². The highest BCUT2D eigenvalue weighted by Gasteiger charge is 2.35. The minimum Gasteiger partial charge on any atom is -0.490 e. The summed E-state index contributed by atoms with van der Waals surface area (Å²) in [6.07, 6.45) is 3.76. The molecule has 1 saturated heterocycles. The third-order valence-corrected chi connectivity index (χ3v) is 5.89. The first-order valence-electron chi connectivity index (χ1n) is 11.8. The second-order valence-corrected chi connectivity index (χ2v) is 8.77. The number of nitrogens with zero attached hydrogens (tertiary/aromatic N) is 1. The quantitative estimate of drug-likeness (QED) is 0.193. The number of rotatable bonds is 10. The van der Waals surface area contributed by atoms with Crippen molar-refractivity contribution in [1.29, 1.82) is 0 Å². The van der Waals surface area contributed by atoms with E-state index in [-0.39, 0.29) is 17.9 Å². The molecule has 1 fully saturated rings. The van der Waals surface area contributed by atoms with E-state index in [0.717, 1.165) is 16.0 Å². The van der Waals surface area contributed by atoms with Crippen LogP contribution in [0.5, 0.6) is 11.5 Å². The van der Waals surface area contributed by atoms with E-state index in [1.165, 1.54) is 12.1 Å². The normalized spacial score (nSPS) is 13.9. The summed E-state index contributed by atoms with van der Waals surface area (Å²) >= 11 is 6.04. The number of carboxylic acid groups (broad SMARTS) is 1. The van der Waals surface area contributed by atoms with E-state index in [4.69, 9.17) is 26.2 Å². The summed E-state index contributed by atoms with van der Waals surface area (Å²) in [5.74, 6) is -0.532. The molecule has 2 N–H and O–H groups in total. The van der Waals surface area contributed by atoms with Crippen molar-refractivity contribution in [3.05, 3.63) is 106 Å². The van der Waals surface area contributed by atoms with Gasteiger partial charge in [-0.1, -0.05) is 35.9 Å². The third kappa shape index (κ3) is 5.87. The van der Waals surface area contributed by atoms with E-state index in [2.05, 4.69) is 11.9 Å². The molecule has 3 aromatic carbocycles. The predicted octanol–water partition coefficient (Wildman–Crippen LogP) is 5.84. The van der Waals surface area contributed by atoms with Crippen molar-refractivity contribution in [3.63, 3.8) is 0 Å². The van der Waals surface area contributed by atoms with Crippen LogP contribution in [0.25, 0.3) is 6.08 Å². The molecule has 0 aromatic heterocycles. The molecule has 0 saturated carbocycles. The van der Waals surface area contributed by atoms with Gasteiger partial charge in [0.2, 0.25) is 0 Å². The number of urea groups is 1. The zero-order chi connectivity index (χ0) is 27.2. The standard InChI is InChI=1S/C29H25ClN2O6/c1-3-6-21-13-19(14-24-27(33)32(29(36)31-24)23-8-5-7-22(30)16-23)15-25(37-4-2)26(21)38-17-18-9-11-20(12-10-18)28(34)35/h3,5,7-16H,1,4,6,17H2,2H3,(H,31,36)(H,34,35)/b24-14+. The van der Waals surface area contributed by atoms with Gasteiger partial charge < -0.3 is 19.9 Å². The largest absolute Gasteiger partial charge is 0.490 e. The summed E-state index contributed by atoms with van der Waals surface area (Å²) in [5.41, 5.74) is 2.84. The predicted molar refractivity (Wildman–Crippen MR) is 145 cm³/mol. The number of benzene rings is 3. The number of carbonyl (C=O) groups excluding carboxylic acids is 2. The van der Waals surface area contributed by atoms with Crippen LogP contribution in [0.1, 0.15) is 34.0 Å². The molecule has 0 radical (unpaired) electrons. The lowest BCUT2D eigenvalue weighted by Crippen LogP contribution is -2.30. The molecule has 3 amide bonds. The Hall–Kier alpha value is -4.56. The van der Waals surface area contributed by atoms with Crippen LogP contribution in [0, 0.1) is 0 Å². The Morgan fingerprint density at radius 3 is 2.53 bits per heavy atom. The number of hydrogen-bond donors (Lipinski definition) is 2. The average molecular weight is 533 g/mol. The van der Waals surface area contributed by atoms with E-state index < -0.39 is 17.9 Å². The number of halogens is 1. The van der Waals surface area contributed by atoms with Crippen LogP contribution in [-0.2, 0) is 17.8 Å². The van der Waals surface area contributed by atoms with Crippen molar-refractivity contribution >= 4 is 41.3 Å². The summed E-state index contributed by atoms with van der Waals surface area (Å²) in [5, 5.41) is 12.1. The zero-order valence-electron chi connectivity index (χ0n) is 20.6. The van der Waals surface area contributed by atoms with Crippen LogP contribution >= 0.6 is 11.6 Å². The summed E-state index contributed by atoms with van der Waals surface area (Å²) < 4.78 is 12.0. The van der Waals surface area contributed by atoms with Crippen molar-refractivity contribution in [2.24, 2.45) is 0 Å². The van der Waals surface area contributed by atoms with Crippen molar-refractivity contribution in [2.75, 3.05) is 11.5 Å². The Morgan fingerprint density at radius 1 is 1.11 bits per heavy atom. The van der Waals surface area contributed by atoms with E-state index in [9.17, 15) is 14.4 Å². The van der Waals surface area contributed by atoms with E-state index in [1.807, 2.05) is 13.0 Å². The van der Waals surface area contributed by atoms with Crippen molar-refractivity contribution in [1.82, 2.24) is 5.32 Å². The van der Waals surface area contributed by atoms with Crippen molar-refractivity contribution < 1.29 is 29.0 Å². The number of nitrogens with one attached hydrogen (secondary N) is 1. The minimum absolute atomic E-state index is 0.106. The molecule has 0 bridgehead atoms. The van der Waals surface area contributed by atoms with Gasteiger partial charge in [-0.3, -0.25) is 4.79 Å². The molecule has 0 spiro atoms. The maximum atomic E-state index is 13.1. The maximum absolute atomic E-state index is 13.1. The average Bonchev–Trinajstić information content (AvgIpc) is 3.16. The molecule has 1 aliphatic rings. The fourth-order valence-corrected chi connectivity index (χ4v) is 4.14. The molecule has 9 heteroatoms. The Kier molecular flexibility index (Phi) is 8.13. The number of amides is 3. The Morgan fingerprint density at radius 2 is 1.87 bits per heavy atom. The van der Waals surface area contributed by atoms with Crippen molar-refractivity contribution in [3.8, 4) is 11.5 Å². The first-order chi connectivity index (χ1) is 18.3. The van der Waals surface area contributed by atoms with E-state index >= 15 is 0 Å². The van der Waals surface area contributed by atoms with Gasteiger partial charge in [-0.25, -0.2) is 14.5 Å². The molecule has 194 valence electrons. The zero-order valence-corrected chi connectivity index (χ0v) is 21.3. The number of hydrogen-bond acceptors (Lipinski definition) is 5. The molecule has 0 atom stereocenters. The number of carbonyl (C=O) groups is 3. The fourth-order valence-electron chi connectivity index (χ4n) is 3.95. The molecule has 1 heterocycles. The number of imide groups is 1. The van der Waals surface area contributed by atoms with Crippen LogP contribution in [0.3, 0.4) is 0 Å². The Labute approximate surface area is 224 Å². The molecule has 1 aliphatic heterocycles. The fraction of sp³-hybridized carbons (Fsp3) is 0.138. The minimum atomic E-state index is -0.998. The second-order valence-electron chi connectivity index (χ2n) is 8.33. The van der Waals surface area contributed by atoms with Gasteiger partial charge in [0.15, 0.2) is 11.5 Å². The molecule has 8 nitrogen and oxygen atoms in total. The van der Waals surface area contributed by atoms with Crippen LogP contribution in [0.15, 0.2) is 79.0 Å². The highest BCUT2D eigenvalue weighted by molar-refractivity contribution is 6.32.